The van der Waals surface area contributed by atoms with Gasteiger partial charge in [-0.3, -0.25) is 4.99 Å². The zero-order valence-electron chi connectivity index (χ0n) is 19.3. The van der Waals surface area contributed by atoms with Gasteiger partial charge in [0, 0.05) is 25.6 Å². The van der Waals surface area contributed by atoms with Gasteiger partial charge in [0.1, 0.15) is 22.7 Å². The van der Waals surface area contributed by atoms with Crippen LogP contribution in [-0.2, 0) is 11.3 Å². The largest absolute Gasteiger partial charge is 0.496 e. The number of hydrogen-bond donors (Lipinski definition) is 2. The van der Waals surface area contributed by atoms with Gasteiger partial charge >= 0.3 is 5.97 Å². The van der Waals surface area contributed by atoms with Crippen LogP contribution in [0, 0.1) is 0 Å². The second kappa shape index (κ2) is 11.1. The van der Waals surface area contributed by atoms with Crippen molar-refractivity contribution in [3.05, 3.63) is 59.2 Å². The van der Waals surface area contributed by atoms with Crippen LogP contribution in [0.2, 0.25) is 0 Å². The van der Waals surface area contributed by atoms with E-state index in [0.717, 1.165) is 36.1 Å². The van der Waals surface area contributed by atoms with Crippen LogP contribution in [0.1, 0.15) is 59.6 Å². The maximum atomic E-state index is 12.1. The smallest absolute Gasteiger partial charge is 0.341 e. The molecule has 4 rings (SSSR count). The lowest BCUT2D eigenvalue weighted by molar-refractivity contribution is 0.0396. The molecular weight excluding hydrogens is 533 g/mol. The second-order valence-corrected chi connectivity index (χ2v) is 8.38. The second-order valence-electron chi connectivity index (χ2n) is 8.38. The van der Waals surface area contributed by atoms with Crippen molar-refractivity contribution in [2.45, 2.75) is 50.3 Å². The fraction of sp³-hybridized carbons (Fsp3) is 0.440. The van der Waals surface area contributed by atoms with Gasteiger partial charge in [0.2, 0.25) is 0 Å². The first-order valence-electron chi connectivity index (χ1n) is 11.1. The van der Waals surface area contributed by atoms with E-state index in [9.17, 15) is 4.79 Å². The standard InChI is InChI=1S/C25H31N3O4.HI/c1-26-24(27-16-17-10-11-21(30-2)19(14-17)23(29)31-3)28-20-15-25(12-6-7-13-25)32-22-9-5-4-8-18(20)22;/h4-5,8-11,14,20H,6-7,12-13,15-16H2,1-3H3,(H2,26,27,28);1H. The third-order valence-corrected chi connectivity index (χ3v) is 6.38. The molecular formula is C25H32IN3O4. The zero-order chi connectivity index (χ0) is 22.6. The Morgan fingerprint density at radius 1 is 1.18 bits per heavy atom. The van der Waals surface area contributed by atoms with Gasteiger partial charge in [-0.05, 0) is 49.4 Å². The van der Waals surface area contributed by atoms with E-state index in [1.54, 1.807) is 19.2 Å². The number of ether oxygens (including phenoxy) is 3. The fourth-order valence-corrected chi connectivity index (χ4v) is 4.75. The Bertz CT molecular complexity index is 1000. The summed E-state index contributed by atoms with van der Waals surface area (Å²) in [6.45, 7) is 0.504. The summed E-state index contributed by atoms with van der Waals surface area (Å²) >= 11 is 0. The van der Waals surface area contributed by atoms with Crippen molar-refractivity contribution < 1.29 is 19.0 Å². The van der Waals surface area contributed by atoms with Crippen molar-refractivity contribution >= 4 is 35.9 Å². The number of benzene rings is 2. The zero-order valence-corrected chi connectivity index (χ0v) is 21.7. The normalized spacial score (nSPS) is 18.5. The number of methoxy groups -OCH3 is 2. The number of halogens is 1. The molecule has 1 saturated carbocycles. The van der Waals surface area contributed by atoms with Gasteiger partial charge in [0.15, 0.2) is 5.96 Å². The summed E-state index contributed by atoms with van der Waals surface area (Å²) in [5, 5.41) is 6.97. The topological polar surface area (TPSA) is 81.2 Å². The molecule has 1 spiro atoms. The maximum absolute atomic E-state index is 12.1. The summed E-state index contributed by atoms with van der Waals surface area (Å²) in [6.07, 6.45) is 5.52. The molecule has 0 radical (unpaired) electrons. The van der Waals surface area contributed by atoms with Crippen molar-refractivity contribution in [1.82, 2.24) is 10.6 Å². The first kappa shape index (κ1) is 25.1. The van der Waals surface area contributed by atoms with E-state index in [0.29, 0.717) is 23.8 Å². The number of esters is 1. The van der Waals surface area contributed by atoms with Crippen LogP contribution >= 0.6 is 24.0 Å². The van der Waals surface area contributed by atoms with Crippen LogP contribution in [0.3, 0.4) is 0 Å². The van der Waals surface area contributed by atoms with Gasteiger partial charge in [-0.15, -0.1) is 24.0 Å². The van der Waals surface area contributed by atoms with E-state index in [1.165, 1.54) is 27.1 Å². The molecule has 0 aromatic heterocycles. The molecule has 2 N–H and O–H groups in total. The molecule has 7 nitrogen and oxygen atoms in total. The van der Waals surface area contributed by atoms with Crippen LogP contribution < -0.4 is 20.1 Å². The number of aliphatic imine (C=N–C) groups is 1. The van der Waals surface area contributed by atoms with Crippen LogP contribution in [0.25, 0.3) is 0 Å². The molecule has 2 aromatic rings. The fourth-order valence-electron chi connectivity index (χ4n) is 4.75. The molecule has 2 aromatic carbocycles. The Labute approximate surface area is 212 Å². The highest BCUT2D eigenvalue weighted by molar-refractivity contribution is 14.0. The average Bonchev–Trinajstić information content (AvgIpc) is 3.27. The Hall–Kier alpha value is -2.49. The van der Waals surface area contributed by atoms with E-state index in [2.05, 4.69) is 27.8 Å². The van der Waals surface area contributed by atoms with Gasteiger partial charge < -0.3 is 24.8 Å². The van der Waals surface area contributed by atoms with Crippen molar-refractivity contribution in [2.24, 2.45) is 4.99 Å². The average molecular weight is 565 g/mol. The molecule has 1 heterocycles. The van der Waals surface area contributed by atoms with E-state index in [-0.39, 0.29) is 35.6 Å². The SMILES string of the molecule is CN=C(NCc1ccc(OC)c(C(=O)OC)c1)NC1CC2(CCCC2)Oc2ccccc21.I. The number of fused-ring (bicyclic) bond motifs is 1. The highest BCUT2D eigenvalue weighted by Gasteiger charge is 2.43. The number of carbonyl (C=O) groups is 1. The molecule has 1 unspecified atom stereocenters. The number of rotatable bonds is 5. The quantitative estimate of drug-likeness (QED) is 0.239. The third-order valence-electron chi connectivity index (χ3n) is 6.38. The molecule has 0 bridgehead atoms. The van der Waals surface area contributed by atoms with Crippen molar-refractivity contribution in [3.8, 4) is 11.5 Å². The summed E-state index contributed by atoms with van der Waals surface area (Å²) in [4.78, 5) is 16.5. The monoisotopic (exact) mass is 565 g/mol. The number of carbonyl (C=O) groups excluding carboxylic acids is 1. The van der Waals surface area contributed by atoms with Crippen LogP contribution in [0.15, 0.2) is 47.5 Å². The molecule has 33 heavy (non-hydrogen) atoms. The summed E-state index contributed by atoms with van der Waals surface area (Å²) in [5.41, 5.74) is 2.40. The lowest BCUT2D eigenvalue weighted by Gasteiger charge is -2.40. The minimum absolute atomic E-state index is 0. The number of para-hydroxylation sites is 1. The molecule has 2 aliphatic rings. The van der Waals surface area contributed by atoms with E-state index in [4.69, 9.17) is 14.2 Å². The first-order chi connectivity index (χ1) is 15.6. The lowest BCUT2D eigenvalue weighted by atomic mass is 9.86. The van der Waals surface area contributed by atoms with E-state index >= 15 is 0 Å². The summed E-state index contributed by atoms with van der Waals surface area (Å²) in [7, 11) is 4.66. The predicted octanol–water partition coefficient (Wildman–Crippen LogP) is 4.60. The minimum Gasteiger partial charge on any atom is -0.496 e. The Morgan fingerprint density at radius 2 is 1.94 bits per heavy atom. The molecule has 178 valence electrons. The predicted molar refractivity (Wildman–Crippen MR) is 139 cm³/mol. The summed E-state index contributed by atoms with van der Waals surface area (Å²) in [6, 6.07) is 13.8. The van der Waals surface area contributed by atoms with Gasteiger partial charge in [-0.25, -0.2) is 4.79 Å². The number of hydrogen-bond acceptors (Lipinski definition) is 5. The van der Waals surface area contributed by atoms with Crippen molar-refractivity contribution in [3.63, 3.8) is 0 Å². The van der Waals surface area contributed by atoms with E-state index in [1.807, 2.05) is 18.2 Å². The van der Waals surface area contributed by atoms with Crippen LogP contribution in [0.4, 0.5) is 0 Å². The van der Waals surface area contributed by atoms with Crippen molar-refractivity contribution in [2.75, 3.05) is 21.3 Å². The molecule has 0 amide bonds. The highest BCUT2D eigenvalue weighted by Crippen LogP contribution is 2.46. The Morgan fingerprint density at radius 3 is 2.64 bits per heavy atom. The number of nitrogens with one attached hydrogen (secondary N) is 2. The van der Waals surface area contributed by atoms with Gasteiger partial charge in [0.25, 0.3) is 0 Å². The molecule has 1 fully saturated rings. The number of nitrogens with zero attached hydrogens (tertiary/aromatic N) is 1. The highest BCUT2D eigenvalue weighted by atomic mass is 127. The first-order valence-corrected chi connectivity index (χ1v) is 11.1. The maximum Gasteiger partial charge on any atom is 0.341 e. The summed E-state index contributed by atoms with van der Waals surface area (Å²) in [5.74, 6) is 1.73. The molecule has 1 atom stereocenters. The van der Waals surface area contributed by atoms with Gasteiger partial charge in [0.05, 0.1) is 20.3 Å². The van der Waals surface area contributed by atoms with E-state index < -0.39 is 5.97 Å². The molecule has 8 heteroatoms. The molecule has 0 saturated heterocycles. The Balaban J connectivity index is 0.00000306. The third kappa shape index (κ3) is 5.54. The van der Waals surface area contributed by atoms with Crippen molar-refractivity contribution in [1.29, 1.82) is 0 Å². The van der Waals surface area contributed by atoms with Gasteiger partial charge in [-0.1, -0.05) is 24.3 Å². The minimum atomic E-state index is -0.424. The lowest BCUT2D eigenvalue weighted by Crippen LogP contribution is -2.46. The van der Waals surface area contributed by atoms with Crippen LogP contribution in [0.5, 0.6) is 11.5 Å². The summed E-state index contributed by atoms with van der Waals surface area (Å²) < 4.78 is 16.6. The molecule has 1 aliphatic carbocycles. The Kier molecular flexibility index (Phi) is 8.45. The van der Waals surface area contributed by atoms with Gasteiger partial charge in [-0.2, -0.15) is 0 Å². The molecule has 1 aliphatic heterocycles. The van der Waals surface area contributed by atoms with Crippen LogP contribution in [-0.4, -0.2) is 38.8 Å². The number of guanidine groups is 1.